The minimum Gasteiger partial charge on any atom is -0.507 e. The standard InChI is InChI=1S/C17H25BO5/c1-15(2,3)21-14(20)12-9-8-11(10-13(12)19)18-22-16(4,5)17(6,7)23-18/h8-10,19H,1-7H3. The van der Waals surface area contributed by atoms with Crippen molar-refractivity contribution in [2.45, 2.75) is 65.3 Å². The first-order chi connectivity index (χ1) is 10.3. The van der Waals surface area contributed by atoms with Crippen LogP contribution in [-0.4, -0.2) is 35.0 Å². The molecule has 1 aliphatic heterocycles. The summed E-state index contributed by atoms with van der Waals surface area (Å²) < 4.78 is 17.1. The molecule has 23 heavy (non-hydrogen) atoms. The zero-order valence-electron chi connectivity index (χ0n) is 14.9. The summed E-state index contributed by atoms with van der Waals surface area (Å²) in [7, 11) is -0.585. The maximum absolute atomic E-state index is 12.1. The molecule has 1 N–H and O–H groups in total. The molecule has 1 fully saturated rings. The van der Waals surface area contributed by atoms with E-state index in [1.165, 1.54) is 12.1 Å². The lowest BCUT2D eigenvalue weighted by atomic mass is 9.78. The highest BCUT2D eigenvalue weighted by molar-refractivity contribution is 6.62. The van der Waals surface area contributed by atoms with Crippen LogP contribution in [0.2, 0.25) is 0 Å². The van der Waals surface area contributed by atoms with Gasteiger partial charge < -0.3 is 19.2 Å². The second-order valence-corrected chi connectivity index (χ2v) is 7.87. The molecule has 0 atom stereocenters. The van der Waals surface area contributed by atoms with Gasteiger partial charge >= 0.3 is 13.1 Å². The fraction of sp³-hybridized carbons (Fsp3) is 0.588. The lowest BCUT2D eigenvalue weighted by molar-refractivity contribution is 0.00578. The first-order valence-electron chi connectivity index (χ1n) is 7.74. The largest absolute Gasteiger partial charge is 0.507 e. The van der Waals surface area contributed by atoms with Crippen molar-refractivity contribution in [2.75, 3.05) is 0 Å². The average Bonchev–Trinajstić information content (AvgIpc) is 2.56. The quantitative estimate of drug-likeness (QED) is 0.670. The summed E-state index contributed by atoms with van der Waals surface area (Å²) in [6, 6.07) is 4.73. The zero-order chi connectivity index (χ0) is 17.6. The van der Waals surface area contributed by atoms with E-state index in [4.69, 9.17) is 14.0 Å². The molecule has 0 radical (unpaired) electrons. The van der Waals surface area contributed by atoms with Crippen LogP contribution >= 0.6 is 0 Å². The first-order valence-corrected chi connectivity index (χ1v) is 7.74. The van der Waals surface area contributed by atoms with Crippen LogP contribution in [0.1, 0.15) is 58.8 Å². The van der Waals surface area contributed by atoms with Crippen molar-refractivity contribution in [3.63, 3.8) is 0 Å². The Morgan fingerprint density at radius 2 is 1.65 bits per heavy atom. The highest BCUT2D eigenvalue weighted by Gasteiger charge is 2.51. The summed E-state index contributed by atoms with van der Waals surface area (Å²) in [5.41, 5.74) is -0.754. The molecule has 1 saturated heterocycles. The maximum Gasteiger partial charge on any atom is 0.494 e. The van der Waals surface area contributed by atoms with Crippen molar-refractivity contribution in [2.24, 2.45) is 0 Å². The Hall–Kier alpha value is -1.53. The van der Waals surface area contributed by atoms with Gasteiger partial charge in [0, 0.05) is 0 Å². The Bertz CT molecular complexity index is 600. The molecule has 0 aliphatic carbocycles. The number of carbonyl (C=O) groups excluding carboxylic acids is 1. The Balaban J connectivity index is 2.23. The van der Waals surface area contributed by atoms with Crippen LogP contribution in [0.25, 0.3) is 0 Å². The summed E-state index contributed by atoms with van der Waals surface area (Å²) in [5, 5.41) is 10.2. The molecular weight excluding hydrogens is 295 g/mol. The molecule has 126 valence electrons. The molecule has 1 heterocycles. The number of ether oxygens (including phenoxy) is 1. The van der Waals surface area contributed by atoms with Crippen molar-refractivity contribution < 1.29 is 23.9 Å². The van der Waals surface area contributed by atoms with Crippen molar-refractivity contribution in [3.8, 4) is 5.75 Å². The van der Waals surface area contributed by atoms with E-state index in [1.54, 1.807) is 26.8 Å². The molecule has 1 aliphatic rings. The van der Waals surface area contributed by atoms with Gasteiger partial charge in [0.2, 0.25) is 0 Å². The Kier molecular flexibility index (Phi) is 4.28. The van der Waals surface area contributed by atoms with Crippen LogP contribution in [0.3, 0.4) is 0 Å². The van der Waals surface area contributed by atoms with Gasteiger partial charge in [-0.15, -0.1) is 0 Å². The van der Waals surface area contributed by atoms with E-state index >= 15 is 0 Å². The lowest BCUT2D eigenvalue weighted by Crippen LogP contribution is -2.41. The molecule has 2 rings (SSSR count). The number of hydrogen-bond acceptors (Lipinski definition) is 5. The SMILES string of the molecule is CC(C)(C)OC(=O)c1ccc(B2OC(C)(C)C(C)(C)O2)cc1O. The van der Waals surface area contributed by atoms with E-state index in [2.05, 4.69) is 0 Å². The molecule has 0 saturated carbocycles. The molecule has 5 nitrogen and oxygen atoms in total. The summed E-state index contributed by atoms with van der Waals surface area (Å²) in [4.78, 5) is 12.1. The van der Waals surface area contributed by atoms with Gasteiger partial charge in [0.25, 0.3) is 0 Å². The van der Waals surface area contributed by atoms with Gasteiger partial charge in [-0.05, 0) is 66.1 Å². The van der Waals surface area contributed by atoms with E-state index in [0.29, 0.717) is 5.46 Å². The zero-order valence-corrected chi connectivity index (χ0v) is 14.9. The molecule has 0 aromatic heterocycles. The molecule has 1 aromatic rings. The molecule has 6 heteroatoms. The predicted molar refractivity (Wildman–Crippen MR) is 89.0 cm³/mol. The minimum atomic E-state index is -0.617. The lowest BCUT2D eigenvalue weighted by Gasteiger charge is -2.32. The summed E-state index contributed by atoms with van der Waals surface area (Å²) in [6.07, 6.45) is 0. The number of aromatic hydroxyl groups is 1. The first kappa shape index (κ1) is 17.8. The van der Waals surface area contributed by atoms with Gasteiger partial charge in [-0.25, -0.2) is 4.79 Å². The van der Waals surface area contributed by atoms with E-state index < -0.39 is 29.9 Å². The van der Waals surface area contributed by atoms with E-state index in [-0.39, 0.29) is 11.3 Å². The smallest absolute Gasteiger partial charge is 0.494 e. The highest BCUT2D eigenvalue weighted by Crippen LogP contribution is 2.36. The van der Waals surface area contributed by atoms with E-state index in [1.807, 2.05) is 27.7 Å². The van der Waals surface area contributed by atoms with Crippen molar-refractivity contribution >= 4 is 18.6 Å². The topological polar surface area (TPSA) is 65.0 Å². The fourth-order valence-electron chi connectivity index (χ4n) is 2.18. The third-order valence-corrected chi connectivity index (χ3v) is 4.17. The fourth-order valence-corrected chi connectivity index (χ4v) is 2.18. The highest BCUT2D eigenvalue weighted by atomic mass is 16.7. The van der Waals surface area contributed by atoms with Crippen LogP contribution in [0.15, 0.2) is 18.2 Å². The van der Waals surface area contributed by atoms with Crippen LogP contribution < -0.4 is 5.46 Å². The summed E-state index contributed by atoms with van der Waals surface area (Å²) in [5.74, 6) is -0.707. The Morgan fingerprint density at radius 1 is 1.13 bits per heavy atom. The van der Waals surface area contributed by atoms with Gasteiger partial charge in [-0.3, -0.25) is 0 Å². The second-order valence-electron chi connectivity index (χ2n) is 7.87. The molecular formula is C17H25BO5. The van der Waals surface area contributed by atoms with Crippen LogP contribution in [0.5, 0.6) is 5.75 Å². The van der Waals surface area contributed by atoms with Crippen molar-refractivity contribution in [1.29, 1.82) is 0 Å². The normalized spacial score (nSPS) is 19.7. The third kappa shape index (κ3) is 3.70. The van der Waals surface area contributed by atoms with Gasteiger partial charge in [0.1, 0.15) is 16.9 Å². The number of rotatable bonds is 2. The number of benzene rings is 1. The molecule has 0 bridgehead atoms. The number of phenols is 1. The average molecular weight is 320 g/mol. The molecule has 0 amide bonds. The van der Waals surface area contributed by atoms with Gasteiger partial charge in [-0.1, -0.05) is 6.07 Å². The Labute approximate surface area is 138 Å². The number of phenolic OH excluding ortho intramolecular Hbond substituents is 1. The van der Waals surface area contributed by atoms with Gasteiger partial charge in [-0.2, -0.15) is 0 Å². The van der Waals surface area contributed by atoms with Gasteiger partial charge in [0.15, 0.2) is 0 Å². The van der Waals surface area contributed by atoms with Crippen molar-refractivity contribution in [1.82, 2.24) is 0 Å². The molecule has 0 unspecified atom stereocenters. The number of carbonyl (C=O) groups is 1. The summed E-state index contributed by atoms with van der Waals surface area (Å²) in [6.45, 7) is 13.2. The molecule has 1 aromatic carbocycles. The van der Waals surface area contributed by atoms with Gasteiger partial charge in [0.05, 0.1) is 11.2 Å². The third-order valence-electron chi connectivity index (χ3n) is 4.17. The monoisotopic (exact) mass is 320 g/mol. The van der Waals surface area contributed by atoms with Crippen molar-refractivity contribution in [3.05, 3.63) is 23.8 Å². The van der Waals surface area contributed by atoms with E-state index in [0.717, 1.165) is 0 Å². The number of esters is 1. The summed E-state index contributed by atoms with van der Waals surface area (Å²) >= 11 is 0. The predicted octanol–water partition coefficient (Wildman–Crippen LogP) is 2.65. The minimum absolute atomic E-state index is 0.125. The van der Waals surface area contributed by atoms with Crippen LogP contribution in [-0.2, 0) is 14.0 Å². The number of hydrogen-bond donors (Lipinski definition) is 1. The van der Waals surface area contributed by atoms with E-state index in [9.17, 15) is 9.90 Å². The second kappa shape index (κ2) is 5.53. The van der Waals surface area contributed by atoms with Crippen LogP contribution in [0, 0.1) is 0 Å². The molecule has 0 spiro atoms. The van der Waals surface area contributed by atoms with Crippen LogP contribution in [0.4, 0.5) is 0 Å². The maximum atomic E-state index is 12.1. The Morgan fingerprint density at radius 3 is 2.09 bits per heavy atom.